The van der Waals surface area contributed by atoms with E-state index in [-0.39, 0.29) is 17.2 Å². The molecule has 16 heavy (non-hydrogen) atoms. The summed E-state index contributed by atoms with van der Waals surface area (Å²) in [5.41, 5.74) is 0. The van der Waals surface area contributed by atoms with Crippen molar-refractivity contribution in [2.75, 3.05) is 5.75 Å². The Hall–Kier alpha value is -0.710. The van der Waals surface area contributed by atoms with Crippen LogP contribution in [0.1, 0.15) is 32.6 Å². The number of carbonyl (C=O) groups excluding carboxylic acids is 1. The fraction of sp³-hybridized carbons (Fsp3) is 0.818. The molecule has 1 N–H and O–H groups in total. The molecule has 1 saturated carbocycles. The SMILES string of the molecule is CC(C(=O)O)N(C(=O)C1CCCS1)C1CC1. The van der Waals surface area contributed by atoms with Crippen molar-refractivity contribution in [1.29, 1.82) is 0 Å². The predicted octanol–water partition coefficient (Wildman–Crippen LogP) is 1.35. The van der Waals surface area contributed by atoms with E-state index in [0.29, 0.717) is 0 Å². The maximum absolute atomic E-state index is 12.2. The van der Waals surface area contributed by atoms with Crippen LogP contribution in [0.2, 0.25) is 0 Å². The number of carboxylic acid groups (broad SMARTS) is 1. The van der Waals surface area contributed by atoms with Crippen molar-refractivity contribution in [1.82, 2.24) is 4.90 Å². The van der Waals surface area contributed by atoms with E-state index in [1.54, 1.807) is 23.6 Å². The van der Waals surface area contributed by atoms with Crippen molar-refractivity contribution < 1.29 is 14.7 Å². The van der Waals surface area contributed by atoms with Crippen molar-refractivity contribution in [2.24, 2.45) is 0 Å². The Bertz CT molecular complexity index is 298. The minimum atomic E-state index is -0.900. The summed E-state index contributed by atoms with van der Waals surface area (Å²) >= 11 is 1.67. The van der Waals surface area contributed by atoms with E-state index in [1.165, 1.54) is 0 Å². The van der Waals surface area contributed by atoms with Crippen LogP contribution in [-0.2, 0) is 9.59 Å². The first-order valence-corrected chi connectivity index (χ1v) is 6.82. The molecule has 0 aromatic carbocycles. The number of aliphatic carboxylic acids is 1. The monoisotopic (exact) mass is 243 g/mol. The predicted molar refractivity (Wildman–Crippen MR) is 62.4 cm³/mol. The van der Waals surface area contributed by atoms with Gasteiger partial charge in [0.25, 0.3) is 0 Å². The summed E-state index contributed by atoms with van der Waals surface area (Å²) in [6.45, 7) is 1.61. The quantitative estimate of drug-likeness (QED) is 0.809. The lowest BCUT2D eigenvalue weighted by molar-refractivity contribution is -0.149. The Kier molecular flexibility index (Phi) is 3.42. The van der Waals surface area contributed by atoms with Crippen LogP contribution in [0.5, 0.6) is 0 Å². The third kappa shape index (κ3) is 2.34. The molecule has 2 fully saturated rings. The zero-order valence-electron chi connectivity index (χ0n) is 9.39. The van der Waals surface area contributed by atoms with E-state index in [1.807, 2.05) is 0 Å². The number of rotatable bonds is 4. The minimum absolute atomic E-state index is 0.00222. The maximum atomic E-state index is 12.2. The van der Waals surface area contributed by atoms with Gasteiger partial charge < -0.3 is 10.0 Å². The van der Waals surface area contributed by atoms with Crippen LogP contribution in [0.4, 0.5) is 0 Å². The molecule has 1 aliphatic carbocycles. The Morgan fingerprint density at radius 1 is 1.38 bits per heavy atom. The van der Waals surface area contributed by atoms with Gasteiger partial charge in [0.15, 0.2) is 0 Å². The summed E-state index contributed by atoms with van der Waals surface area (Å²) in [7, 11) is 0. The fourth-order valence-corrected chi connectivity index (χ4v) is 3.31. The summed E-state index contributed by atoms with van der Waals surface area (Å²) in [5, 5.41) is 9.02. The number of nitrogens with zero attached hydrogens (tertiary/aromatic N) is 1. The zero-order chi connectivity index (χ0) is 11.7. The average Bonchev–Trinajstić information content (AvgIpc) is 2.93. The highest BCUT2D eigenvalue weighted by atomic mass is 32.2. The van der Waals surface area contributed by atoms with Crippen LogP contribution in [-0.4, -0.2) is 45.0 Å². The standard InChI is InChI=1S/C11H17NO3S/c1-7(11(14)15)12(8-4-5-8)10(13)9-3-2-6-16-9/h7-9H,2-6H2,1H3,(H,14,15). The Labute approximate surface area is 99.4 Å². The van der Waals surface area contributed by atoms with E-state index in [2.05, 4.69) is 0 Å². The van der Waals surface area contributed by atoms with Crippen molar-refractivity contribution in [3.8, 4) is 0 Å². The van der Waals surface area contributed by atoms with Crippen LogP contribution >= 0.6 is 11.8 Å². The van der Waals surface area contributed by atoms with Gasteiger partial charge in [0.05, 0.1) is 5.25 Å². The lowest BCUT2D eigenvalue weighted by Crippen LogP contribution is -2.47. The third-order valence-electron chi connectivity index (χ3n) is 3.17. The maximum Gasteiger partial charge on any atom is 0.326 e. The van der Waals surface area contributed by atoms with Crippen LogP contribution in [0.25, 0.3) is 0 Å². The summed E-state index contributed by atoms with van der Waals surface area (Å²) in [4.78, 5) is 24.8. The molecule has 1 amide bonds. The molecule has 4 nitrogen and oxygen atoms in total. The lowest BCUT2D eigenvalue weighted by atomic mass is 10.2. The Balaban J connectivity index is 2.06. The highest BCUT2D eigenvalue weighted by Crippen LogP contribution is 2.34. The van der Waals surface area contributed by atoms with Gasteiger partial charge in [-0.25, -0.2) is 4.79 Å². The first kappa shape index (κ1) is 11.8. The molecule has 0 aromatic rings. The molecule has 1 aliphatic heterocycles. The number of carboxylic acids is 1. The van der Waals surface area contributed by atoms with Gasteiger partial charge in [0.1, 0.15) is 6.04 Å². The van der Waals surface area contributed by atoms with Crippen LogP contribution in [0.15, 0.2) is 0 Å². The lowest BCUT2D eigenvalue weighted by Gasteiger charge is -2.28. The summed E-state index contributed by atoms with van der Waals surface area (Å²) in [5.74, 6) is 0.166. The van der Waals surface area contributed by atoms with Crippen molar-refractivity contribution in [3.63, 3.8) is 0 Å². The average molecular weight is 243 g/mol. The summed E-state index contributed by atoms with van der Waals surface area (Å²) in [6, 6.07) is -0.499. The number of hydrogen-bond acceptors (Lipinski definition) is 3. The largest absolute Gasteiger partial charge is 0.480 e. The molecule has 2 atom stereocenters. The second kappa shape index (κ2) is 4.65. The van der Waals surface area contributed by atoms with Gasteiger partial charge in [0, 0.05) is 6.04 Å². The smallest absolute Gasteiger partial charge is 0.326 e. The Morgan fingerprint density at radius 2 is 2.06 bits per heavy atom. The highest BCUT2D eigenvalue weighted by molar-refractivity contribution is 8.00. The van der Waals surface area contributed by atoms with Crippen LogP contribution in [0.3, 0.4) is 0 Å². The molecule has 90 valence electrons. The number of thioether (sulfide) groups is 1. The van der Waals surface area contributed by atoms with Gasteiger partial charge in [-0.1, -0.05) is 0 Å². The normalized spacial score (nSPS) is 26.4. The number of carbonyl (C=O) groups is 2. The van der Waals surface area contributed by atoms with Gasteiger partial charge in [-0.2, -0.15) is 0 Å². The van der Waals surface area contributed by atoms with Gasteiger partial charge >= 0.3 is 5.97 Å². The molecule has 1 heterocycles. The summed E-state index contributed by atoms with van der Waals surface area (Å²) in [6.07, 6.45) is 3.89. The molecule has 2 aliphatic rings. The highest BCUT2D eigenvalue weighted by Gasteiger charge is 2.41. The van der Waals surface area contributed by atoms with Crippen LogP contribution in [0, 0.1) is 0 Å². The van der Waals surface area contributed by atoms with Crippen LogP contribution < -0.4 is 0 Å². The first-order valence-electron chi connectivity index (χ1n) is 5.78. The molecule has 0 radical (unpaired) electrons. The number of hydrogen-bond donors (Lipinski definition) is 1. The topological polar surface area (TPSA) is 57.6 Å². The molecular formula is C11H17NO3S. The van der Waals surface area contributed by atoms with Gasteiger partial charge in [-0.05, 0) is 38.4 Å². The molecule has 5 heteroatoms. The molecule has 2 unspecified atom stereocenters. The van der Waals surface area contributed by atoms with E-state index in [4.69, 9.17) is 5.11 Å². The molecule has 2 rings (SSSR count). The zero-order valence-corrected chi connectivity index (χ0v) is 10.2. The minimum Gasteiger partial charge on any atom is -0.480 e. The van der Waals surface area contributed by atoms with E-state index in [0.717, 1.165) is 31.4 Å². The second-order valence-electron chi connectivity index (χ2n) is 4.49. The second-order valence-corrected chi connectivity index (χ2v) is 5.80. The van der Waals surface area contributed by atoms with Gasteiger partial charge in [-0.3, -0.25) is 4.79 Å². The van der Waals surface area contributed by atoms with Crippen molar-refractivity contribution in [2.45, 2.75) is 49.9 Å². The molecule has 0 aromatic heterocycles. The van der Waals surface area contributed by atoms with Crippen molar-refractivity contribution >= 4 is 23.6 Å². The number of amides is 1. The van der Waals surface area contributed by atoms with E-state index >= 15 is 0 Å². The molecule has 0 bridgehead atoms. The van der Waals surface area contributed by atoms with Gasteiger partial charge in [0.2, 0.25) is 5.91 Å². The Morgan fingerprint density at radius 3 is 2.50 bits per heavy atom. The van der Waals surface area contributed by atoms with Gasteiger partial charge in [-0.15, -0.1) is 11.8 Å². The third-order valence-corrected chi connectivity index (χ3v) is 4.54. The molecular weight excluding hydrogens is 226 g/mol. The molecule has 0 spiro atoms. The van der Waals surface area contributed by atoms with Crippen molar-refractivity contribution in [3.05, 3.63) is 0 Å². The first-order chi connectivity index (χ1) is 7.61. The van der Waals surface area contributed by atoms with E-state index in [9.17, 15) is 9.59 Å². The fourth-order valence-electron chi connectivity index (χ4n) is 2.10. The molecule has 1 saturated heterocycles. The summed E-state index contributed by atoms with van der Waals surface area (Å²) < 4.78 is 0. The van der Waals surface area contributed by atoms with E-state index < -0.39 is 12.0 Å².